The predicted molar refractivity (Wildman–Crippen MR) is 507 cm³/mol. The highest BCUT2D eigenvalue weighted by molar-refractivity contribution is 7.22. The lowest BCUT2D eigenvalue weighted by Crippen LogP contribution is -2.30. The van der Waals surface area contributed by atoms with E-state index in [-0.39, 0.29) is 54.8 Å². The molecule has 2 aromatic heterocycles. The molecule has 3 aliphatic carbocycles. The van der Waals surface area contributed by atoms with Crippen LogP contribution in [0.1, 0.15) is 197 Å². The van der Waals surface area contributed by atoms with Crippen LogP contribution in [0, 0.1) is 29.6 Å². The number of carbonyl (C=O) groups excluding carboxylic acids is 5. The second-order valence-corrected chi connectivity index (χ2v) is 34.7. The van der Waals surface area contributed by atoms with Gasteiger partial charge in [-0.25, -0.2) is 29.6 Å². The molecule has 0 amide bonds. The van der Waals surface area contributed by atoms with Crippen molar-refractivity contribution in [3.63, 3.8) is 0 Å². The highest BCUT2D eigenvalue weighted by atomic mass is 32.1. The number of rotatable bonds is 52. The summed E-state index contributed by atoms with van der Waals surface area (Å²) in [7, 11) is 1.67. The van der Waals surface area contributed by atoms with Crippen molar-refractivity contribution in [1.29, 1.82) is 0 Å². The molecular weight excluding hydrogens is 1660 g/mol. The van der Waals surface area contributed by atoms with Crippen molar-refractivity contribution in [2.45, 2.75) is 181 Å². The number of hydrogen-bond donors (Lipinski definition) is 0. The molecule has 0 aliphatic heterocycles. The molecule has 3 aliphatic rings. The molecule has 3 saturated carbocycles. The Labute approximate surface area is 762 Å². The normalized spacial score (nSPS) is 16.8. The summed E-state index contributed by atoms with van der Waals surface area (Å²) in [5.41, 5.74) is 8.37. The third-order valence-corrected chi connectivity index (χ3v) is 25.3. The van der Waals surface area contributed by atoms with Gasteiger partial charge in [0.25, 0.3) is 0 Å². The lowest BCUT2D eigenvalue weighted by atomic mass is 9.77. The van der Waals surface area contributed by atoms with Gasteiger partial charge in [-0.15, -0.1) is 0 Å². The third-order valence-electron chi connectivity index (χ3n) is 23.2. The van der Waals surface area contributed by atoms with E-state index in [1.807, 2.05) is 83.1 Å². The number of nitrogens with zero attached hydrogens (tertiary/aromatic N) is 6. The summed E-state index contributed by atoms with van der Waals surface area (Å²) in [4.78, 5) is 72.1. The van der Waals surface area contributed by atoms with Gasteiger partial charge in [-0.2, -0.15) is 10.2 Å². The summed E-state index contributed by atoms with van der Waals surface area (Å²) in [6, 6.07) is 51.7. The van der Waals surface area contributed by atoms with Crippen LogP contribution < -0.4 is 38.4 Å². The van der Waals surface area contributed by atoms with Crippen molar-refractivity contribution in [3.8, 4) is 45.6 Å². The summed E-state index contributed by atoms with van der Waals surface area (Å²) in [5, 5.41) is 15.6. The zero-order chi connectivity index (χ0) is 89.7. The minimum atomic E-state index is -0.479. The Hall–Kier alpha value is -10.7. The summed E-state index contributed by atoms with van der Waals surface area (Å²) in [6.07, 6.45) is 29.1. The maximum absolute atomic E-state index is 13.8. The monoisotopic (exact) mass is 1780 g/mol. The molecule has 684 valence electrons. The molecule has 25 heteroatoms. The number of unbranched alkanes of at least 4 members (excludes halogenated alkanes) is 6. The molecule has 3 fully saturated rings. The van der Waals surface area contributed by atoms with Crippen LogP contribution in [0.3, 0.4) is 0 Å². The fourth-order valence-corrected chi connectivity index (χ4v) is 17.9. The topological polar surface area (TPSA) is 253 Å². The van der Waals surface area contributed by atoms with Crippen molar-refractivity contribution < 1.29 is 80.8 Å². The number of para-hydroxylation sites is 2. The van der Waals surface area contributed by atoms with Crippen molar-refractivity contribution in [2.24, 2.45) is 39.8 Å². The van der Waals surface area contributed by atoms with Gasteiger partial charge in [0.05, 0.1) is 123 Å². The minimum absolute atomic E-state index is 0.146. The number of fused-ring (bicyclic) bond motifs is 2. The maximum atomic E-state index is 13.8. The minimum Gasteiger partial charge on any atom is -0.494 e. The quantitative estimate of drug-likeness (QED) is 0.00857. The van der Waals surface area contributed by atoms with Crippen molar-refractivity contribution in [3.05, 3.63) is 205 Å². The molecule has 0 bridgehead atoms. The van der Waals surface area contributed by atoms with Crippen molar-refractivity contribution in [1.82, 2.24) is 9.97 Å². The fraction of sp³-hybridized carbons (Fsp3) is 0.466. The molecular formula is C103H128N6O17S2. The Balaban J connectivity index is 0.000000248. The van der Waals surface area contributed by atoms with E-state index in [2.05, 4.69) is 94.6 Å². The van der Waals surface area contributed by atoms with E-state index >= 15 is 0 Å². The molecule has 9 aromatic rings. The van der Waals surface area contributed by atoms with Crippen molar-refractivity contribution >= 4 is 95.6 Å². The van der Waals surface area contributed by atoms with E-state index in [1.165, 1.54) is 49.3 Å². The van der Waals surface area contributed by atoms with Crippen LogP contribution >= 0.6 is 22.7 Å². The van der Waals surface area contributed by atoms with Gasteiger partial charge in [0, 0.05) is 36.9 Å². The molecule has 23 nitrogen and oxygen atoms in total. The second-order valence-electron chi connectivity index (χ2n) is 32.7. The maximum Gasteiger partial charge on any atom is 0.330 e. The van der Waals surface area contributed by atoms with Gasteiger partial charge in [-0.05, 0) is 253 Å². The Bertz CT molecular complexity index is 4870. The Kier molecular flexibility index (Phi) is 41.8. The summed E-state index contributed by atoms with van der Waals surface area (Å²) in [5.74, 6) is 2.79. The van der Waals surface area contributed by atoms with Crippen LogP contribution in [0.5, 0.6) is 34.5 Å². The van der Waals surface area contributed by atoms with Crippen LogP contribution in [0.15, 0.2) is 193 Å². The summed E-state index contributed by atoms with van der Waals surface area (Å²) < 4.78 is 69.8. The number of aryl methyl sites for hydroxylation is 1. The first-order chi connectivity index (χ1) is 62.7. The number of methoxy groups -OCH3 is 1. The molecule has 0 spiro atoms. The highest BCUT2D eigenvalue weighted by Gasteiger charge is 2.34. The number of hydrazone groups is 2. The van der Waals surface area contributed by atoms with Gasteiger partial charge < -0.3 is 56.8 Å². The van der Waals surface area contributed by atoms with Gasteiger partial charge in [-0.3, -0.25) is 14.4 Å². The van der Waals surface area contributed by atoms with Gasteiger partial charge in [0.15, 0.2) is 0 Å². The van der Waals surface area contributed by atoms with Crippen LogP contribution in [0.25, 0.3) is 31.6 Å². The second kappa shape index (κ2) is 54.6. The first-order valence-corrected chi connectivity index (χ1v) is 47.6. The molecule has 0 radical (unpaired) electrons. The molecule has 12 rings (SSSR count). The van der Waals surface area contributed by atoms with E-state index in [9.17, 15) is 24.0 Å². The molecule has 0 saturated heterocycles. The van der Waals surface area contributed by atoms with Crippen LogP contribution in [-0.4, -0.2) is 152 Å². The molecule has 0 atom stereocenters. The van der Waals surface area contributed by atoms with Gasteiger partial charge in [0.1, 0.15) is 47.7 Å². The number of ether oxygens (including phenoxy) is 12. The lowest BCUT2D eigenvalue weighted by Gasteiger charge is -2.29. The zero-order valence-corrected chi connectivity index (χ0v) is 76.6. The fourth-order valence-electron chi connectivity index (χ4n) is 16.0. The van der Waals surface area contributed by atoms with Crippen molar-refractivity contribution in [2.75, 3.05) is 109 Å². The van der Waals surface area contributed by atoms with Gasteiger partial charge in [0.2, 0.25) is 10.3 Å². The SMILES string of the molecule is C=CC(=O)OCCCCCCOc1ccc(OC(=O)C2CCC(COc3ccc(-c4ccc(CCC)cc4)c(/C=N/N(CCOCCOC)c4nc5ccccc5s4)c3)CC2)cc1.C=CC(=O)OCCOCCOCCOc1ccc(OC(=O)C2CCC(C(=O)Oc3ccc(C4CCC(CCC)CC4)cc3/C=N/N(CCCCCC)c3nc4ccccc4s3)CC2)cc1. The van der Waals surface area contributed by atoms with Crippen LogP contribution in [-0.2, 0) is 58.8 Å². The van der Waals surface area contributed by atoms with E-state index in [4.69, 9.17) is 77.0 Å². The number of thiazole rings is 2. The Morgan fingerprint density at radius 2 is 0.945 bits per heavy atom. The third kappa shape index (κ3) is 32.5. The number of carbonyl (C=O) groups is 5. The number of anilines is 2. The number of benzene rings is 7. The average molecular weight is 1790 g/mol. The molecule has 7 aromatic carbocycles. The van der Waals surface area contributed by atoms with Gasteiger partial charge >= 0.3 is 29.8 Å². The smallest absolute Gasteiger partial charge is 0.330 e. The standard InChI is InChI=1S/C52H67N3O9S.C51H61N3O8S/c1-4-7-8-11-29-55(52-54-46-13-9-10-14-48(46)65-52)53-37-43-36-42(39-17-15-38(12-5-2)16-18-39)23-28-47(43)64-51(58)41-21-19-40(20-22-41)50(57)63-45-26-24-44(25-27-45)61-34-32-59-30-31-60-33-35-62-49(56)6-3;1-4-12-38-15-19-40(20-16-38)46-28-27-45(35-42(46)36-52-54(29-32-58-34-33-57-3)51-53-47-13-8-9-14-48(47)63-51)61-37-39-17-21-41(22-18-39)50(56)62-44-25-23-43(24-26-44)59-30-10-6-7-11-31-60-49(55)5-2/h6,9-10,13-14,23-28,36-41H,3-5,7-8,11-12,15-22,29-35H2,1-2H3;5,8-9,13-16,19-20,23-28,35-36,39,41H,2,4,6-7,10-12,17-18,21-22,29-34,37H2,1,3H3/b53-37+;52-36+. The summed E-state index contributed by atoms with van der Waals surface area (Å²) in [6.45, 7) is 19.7. The molecule has 0 N–H and O–H groups in total. The first-order valence-electron chi connectivity index (χ1n) is 46.0. The van der Waals surface area contributed by atoms with Crippen LogP contribution in [0.4, 0.5) is 10.3 Å². The number of aromatic nitrogens is 2. The van der Waals surface area contributed by atoms with E-state index in [0.717, 1.165) is 179 Å². The van der Waals surface area contributed by atoms with E-state index in [0.29, 0.717) is 133 Å². The molecule has 0 unspecified atom stereocenters. The Morgan fingerprint density at radius 1 is 0.438 bits per heavy atom. The summed E-state index contributed by atoms with van der Waals surface area (Å²) >= 11 is 3.24. The highest BCUT2D eigenvalue weighted by Crippen LogP contribution is 2.41. The molecule has 128 heavy (non-hydrogen) atoms. The average Bonchev–Trinajstić information content (AvgIpc) is 1.39. The largest absolute Gasteiger partial charge is 0.494 e. The van der Waals surface area contributed by atoms with Crippen LogP contribution in [0.2, 0.25) is 0 Å². The van der Waals surface area contributed by atoms with E-state index in [1.54, 1.807) is 66.2 Å². The first kappa shape index (κ1) is 97.9. The number of hydrogen-bond acceptors (Lipinski definition) is 25. The molecule has 2 heterocycles. The Morgan fingerprint density at radius 3 is 1.53 bits per heavy atom. The number of esters is 5. The zero-order valence-electron chi connectivity index (χ0n) is 75.0. The predicted octanol–water partition coefficient (Wildman–Crippen LogP) is 22.1. The van der Waals surface area contributed by atoms with Gasteiger partial charge in [-0.1, -0.05) is 156 Å². The lowest BCUT2D eigenvalue weighted by molar-refractivity contribution is -0.145. The van der Waals surface area contributed by atoms with E-state index < -0.39 is 5.97 Å².